The maximum Gasteiger partial charge on any atom is 0.297 e. The second kappa shape index (κ2) is 9.31. The van der Waals surface area contributed by atoms with Gasteiger partial charge in [-0.3, -0.25) is 4.79 Å². The number of methoxy groups -OCH3 is 1. The van der Waals surface area contributed by atoms with E-state index < -0.39 is 12.3 Å². The average molecular weight is 513 g/mol. The first-order chi connectivity index (χ1) is 17.6. The molecule has 3 aromatic rings. The summed E-state index contributed by atoms with van der Waals surface area (Å²) in [4.78, 5) is 32.7. The van der Waals surface area contributed by atoms with E-state index in [1.165, 1.54) is 7.05 Å². The van der Waals surface area contributed by atoms with Gasteiger partial charge >= 0.3 is 0 Å². The van der Waals surface area contributed by atoms with Crippen molar-refractivity contribution < 1.29 is 18.3 Å². The Balaban J connectivity index is 1.33. The van der Waals surface area contributed by atoms with E-state index in [2.05, 4.69) is 25.4 Å². The summed E-state index contributed by atoms with van der Waals surface area (Å²) in [6, 6.07) is 3.65. The number of nitrogens with one attached hydrogen (secondary N) is 1. The van der Waals surface area contributed by atoms with Crippen molar-refractivity contribution in [2.75, 3.05) is 25.5 Å². The molecule has 196 valence electrons. The Bertz CT molecular complexity index is 1360. The minimum absolute atomic E-state index is 0.0140. The lowest BCUT2D eigenvalue weighted by Crippen LogP contribution is -2.46. The van der Waals surface area contributed by atoms with Gasteiger partial charge in [0, 0.05) is 31.8 Å². The number of fused-ring (bicyclic) bond motifs is 1. The van der Waals surface area contributed by atoms with Crippen LogP contribution in [-0.2, 0) is 18.3 Å². The van der Waals surface area contributed by atoms with Crippen LogP contribution >= 0.6 is 0 Å². The van der Waals surface area contributed by atoms with Crippen molar-refractivity contribution in [1.29, 1.82) is 0 Å². The summed E-state index contributed by atoms with van der Waals surface area (Å²) in [5.41, 5.74) is 2.66. The molecule has 1 saturated heterocycles. The number of pyridine rings is 1. The Labute approximate surface area is 213 Å². The van der Waals surface area contributed by atoms with Crippen LogP contribution in [0.4, 0.5) is 14.6 Å². The third kappa shape index (κ3) is 4.60. The summed E-state index contributed by atoms with van der Waals surface area (Å²) in [5, 5.41) is 7.77. The highest BCUT2D eigenvalue weighted by atomic mass is 19.3. The smallest absolute Gasteiger partial charge is 0.297 e. The normalized spacial score (nSPS) is 19.7. The van der Waals surface area contributed by atoms with Gasteiger partial charge < -0.3 is 15.0 Å². The Kier molecular flexibility index (Phi) is 6.28. The molecule has 1 spiro atoms. The van der Waals surface area contributed by atoms with Gasteiger partial charge in [-0.15, -0.1) is 0 Å². The molecular weight excluding hydrogens is 482 g/mol. The average Bonchev–Trinajstić information content (AvgIpc) is 3.46. The summed E-state index contributed by atoms with van der Waals surface area (Å²) in [6.45, 7) is 6.66. The SMILES string of the molecule is COc1cc([C@@H](C)C(=O)N2CC[C@@]3(CCc4cc(-c5nc(C(F)F)n(C)n5)c(C)nc4N3)C2)nc(C)n1. The minimum Gasteiger partial charge on any atom is -0.481 e. The van der Waals surface area contributed by atoms with E-state index >= 15 is 0 Å². The number of hydrogen-bond donors (Lipinski definition) is 1. The zero-order valence-electron chi connectivity index (χ0n) is 21.5. The number of amides is 1. The van der Waals surface area contributed by atoms with E-state index in [-0.39, 0.29) is 23.1 Å². The summed E-state index contributed by atoms with van der Waals surface area (Å²) in [7, 11) is 3.00. The topological polar surface area (TPSA) is 111 Å². The molecule has 1 N–H and O–H groups in total. The summed E-state index contributed by atoms with van der Waals surface area (Å²) >= 11 is 0. The van der Waals surface area contributed by atoms with Crippen LogP contribution < -0.4 is 10.1 Å². The molecule has 0 radical (unpaired) electrons. The number of ether oxygens (including phenoxy) is 1. The number of hydrogen-bond acceptors (Lipinski definition) is 8. The molecule has 2 atom stereocenters. The van der Waals surface area contributed by atoms with Crippen LogP contribution in [-0.4, -0.2) is 66.3 Å². The van der Waals surface area contributed by atoms with Crippen LogP contribution in [0.15, 0.2) is 12.1 Å². The lowest BCUT2D eigenvalue weighted by Gasteiger charge is -2.36. The zero-order valence-corrected chi connectivity index (χ0v) is 21.5. The van der Waals surface area contributed by atoms with Gasteiger partial charge in [0.1, 0.15) is 11.6 Å². The Morgan fingerprint density at radius 1 is 1.16 bits per heavy atom. The van der Waals surface area contributed by atoms with Crippen LogP contribution in [0, 0.1) is 13.8 Å². The molecule has 12 heteroatoms. The van der Waals surface area contributed by atoms with Crippen molar-refractivity contribution in [2.45, 2.75) is 57.9 Å². The second-order valence-corrected chi connectivity index (χ2v) is 9.87. The molecule has 0 aliphatic carbocycles. The van der Waals surface area contributed by atoms with Gasteiger partial charge in [-0.1, -0.05) is 0 Å². The molecule has 5 heterocycles. The fourth-order valence-corrected chi connectivity index (χ4v) is 5.22. The van der Waals surface area contributed by atoms with Crippen molar-refractivity contribution >= 4 is 11.7 Å². The third-order valence-electron chi connectivity index (χ3n) is 7.30. The van der Waals surface area contributed by atoms with Crippen LogP contribution in [0.25, 0.3) is 11.4 Å². The largest absolute Gasteiger partial charge is 0.481 e. The van der Waals surface area contributed by atoms with Crippen molar-refractivity contribution in [3.05, 3.63) is 40.7 Å². The van der Waals surface area contributed by atoms with E-state index in [9.17, 15) is 13.6 Å². The highest BCUT2D eigenvalue weighted by Crippen LogP contribution is 2.39. The van der Waals surface area contributed by atoms with E-state index in [1.54, 1.807) is 20.1 Å². The predicted molar refractivity (Wildman–Crippen MR) is 132 cm³/mol. The van der Waals surface area contributed by atoms with Crippen LogP contribution in [0.3, 0.4) is 0 Å². The first-order valence-electron chi connectivity index (χ1n) is 12.3. The first-order valence-corrected chi connectivity index (χ1v) is 12.3. The molecule has 2 aliphatic rings. The maximum atomic E-state index is 13.4. The Morgan fingerprint density at radius 3 is 2.65 bits per heavy atom. The molecule has 0 unspecified atom stereocenters. The monoisotopic (exact) mass is 512 g/mol. The minimum atomic E-state index is -2.70. The Hall–Kier alpha value is -3.70. The number of alkyl halides is 2. The molecular formula is C25H30F2N8O2. The Morgan fingerprint density at radius 2 is 1.95 bits per heavy atom. The lowest BCUT2D eigenvalue weighted by atomic mass is 9.86. The highest BCUT2D eigenvalue weighted by molar-refractivity contribution is 5.83. The van der Waals surface area contributed by atoms with Gasteiger partial charge in [-0.05, 0) is 51.7 Å². The van der Waals surface area contributed by atoms with E-state index in [4.69, 9.17) is 9.72 Å². The van der Waals surface area contributed by atoms with Crippen molar-refractivity contribution in [3.8, 4) is 17.3 Å². The van der Waals surface area contributed by atoms with E-state index in [1.807, 2.05) is 24.8 Å². The number of rotatable bonds is 5. The molecule has 5 rings (SSSR count). The van der Waals surface area contributed by atoms with Crippen molar-refractivity contribution in [3.63, 3.8) is 0 Å². The number of likely N-dealkylation sites (tertiary alicyclic amines) is 1. The summed E-state index contributed by atoms with van der Waals surface area (Å²) in [6.07, 6.45) is -0.327. The van der Waals surface area contributed by atoms with Crippen LogP contribution in [0.2, 0.25) is 0 Å². The van der Waals surface area contributed by atoms with Crippen molar-refractivity contribution in [1.82, 2.24) is 34.6 Å². The van der Waals surface area contributed by atoms with Gasteiger partial charge in [0.25, 0.3) is 6.43 Å². The summed E-state index contributed by atoms with van der Waals surface area (Å²) in [5.74, 6) is 1.23. The fraction of sp³-hybridized carbons (Fsp3) is 0.520. The molecule has 10 nitrogen and oxygen atoms in total. The third-order valence-corrected chi connectivity index (χ3v) is 7.30. The van der Waals surface area contributed by atoms with Gasteiger partial charge in [0.05, 0.1) is 30.0 Å². The molecule has 1 amide bonds. The maximum absolute atomic E-state index is 13.4. The van der Waals surface area contributed by atoms with Crippen LogP contribution in [0.1, 0.15) is 60.7 Å². The van der Waals surface area contributed by atoms with Gasteiger partial charge in [-0.25, -0.2) is 28.4 Å². The molecule has 37 heavy (non-hydrogen) atoms. The van der Waals surface area contributed by atoms with E-state index in [0.717, 1.165) is 35.3 Å². The predicted octanol–water partition coefficient (Wildman–Crippen LogP) is 3.36. The summed E-state index contributed by atoms with van der Waals surface area (Å²) < 4.78 is 32.7. The number of carbonyl (C=O) groups is 1. The molecule has 2 aliphatic heterocycles. The van der Waals surface area contributed by atoms with Gasteiger partial charge in [0.2, 0.25) is 11.8 Å². The number of nitrogens with zero attached hydrogens (tertiary/aromatic N) is 7. The lowest BCUT2D eigenvalue weighted by molar-refractivity contribution is -0.131. The zero-order chi connectivity index (χ0) is 26.5. The number of anilines is 1. The van der Waals surface area contributed by atoms with E-state index in [0.29, 0.717) is 41.7 Å². The number of aryl methyl sites for hydroxylation is 4. The first kappa shape index (κ1) is 25.0. The van der Waals surface area contributed by atoms with Gasteiger partial charge in [-0.2, -0.15) is 10.1 Å². The molecule has 0 saturated carbocycles. The quantitative estimate of drug-likeness (QED) is 0.554. The molecule has 1 fully saturated rings. The standard InChI is InChI=1S/C25H30F2N8O2/c1-13(18-11-19(37-5)30-15(3)29-18)24(36)35-9-8-25(12-35)7-6-16-10-17(14(2)28-21(16)32-25)22-31-23(20(26)27)34(4)33-22/h10-11,13,20H,6-9,12H2,1-5H3,(H,28,32)/t13-,25+/m1/s1. The molecule has 0 bridgehead atoms. The van der Waals surface area contributed by atoms with Crippen LogP contribution in [0.5, 0.6) is 5.88 Å². The molecule has 3 aromatic heterocycles. The number of aromatic nitrogens is 6. The number of halogens is 2. The fourth-order valence-electron chi connectivity index (χ4n) is 5.22. The number of carbonyl (C=O) groups excluding carboxylic acids is 1. The highest BCUT2D eigenvalue weighted by Gasteiger charge is 2.43. The van der Waals surface area contributed by atoms with Gasteiger partial charge in [0.15, 0.2) is 11.6 Å². The second-order valence-electron chi connectivity index (χ2n) is 9.87. The molecule has 0 aromatic carbocycles. The van der Waals surface area contributed by atoms with Crippen molar-refractivity contribution in [2.24, 2.45) is 7.05 Å².